The fraction of sp³-hybridized carbons (Fsp3) is 0.692. The molecule has 21 heavy (non-hydrogen) atoms. The average molecular weight is 332 g/mol. The highest BCUT2D eigenvalue weighted by Gasteiger charge is 2.36. The van der Waals surface area contributed by atoms with Crippen molar-refractivity contribution in [3.8, 4) is 0 Å². The van der Waals surface area contributed by atoms with Crippen molar-refractivity contribution in [2.75, 3.05) is 39.4 Å². The smallest absolute Gasteiger partial charge is 0.252 e. The second-order valence-corrected chi connectivity index (χ2v) is 8.67. The summed E-state index contributed by atoms with van der Waals surface area (Å²) in [4.78, 5) is 3.00. The van der Waals surface area contributed by atoms with E-state index in [0.717, 1.165) is 44.1 Å². The summed E-state index contributed by atoms with van der Waals surface area (Å²) in [6.45, 7) is 4.22. The topological polar surface area (TPSA) is 70.1 Å². The standard InChI is InChI=1S/C13H20N2O4S2/c16-10-12-1-2-13(20-12)21(17,18)15-4-3-11(9-15)14-5-7-19-8-6-14/h1-2,11,16H,3-10H2. The molecule has 2 aliphatic rings. The average Bonchev–Trinajstić information content (AvgIpc) is 3.18. The van der Waals surface area contributed by atoms with E-state index in [1.165, 1.54) is 0 Å². The molecule has 0 saturated carbocycles. The van der Waals surface area contributed by atoms with Gasteiger partial charge in [-0.15, -0.1) is 11.3 Å². The molecule has 1 aromatic rings. The number of hydrogen-bond acceptors (Lipinski definition) is 6. The van der Waals surface area contributed by atoms with Crippen LogP contribution in [0.1, 0.15) is 11.3 Å². The molecule has 1 atom stereocenters. The predicted octanol–water partition coefficient (Wildman–Crippen LogP) is 0.336. The van der Waals surface area contributed by atoms with Gasteiger partial charge in [0.1, 0.15) is 4.21 Å². The highest BCUT2D eigenvalue weighted by Crippen LogP contribution is 2.28. The van der Waals surface area contributed by atoms with Crippen molar-refractivity contribution in [3.63, 3.8) is 0 Å². The number of aliphatic hydroxyl groups excluding tert-OH is 1. The zero-order chi connectivity index (χ0) is 14.9. The van der Waals surface area contributed by atoms with Crippen LogP contribution < -0.4 is 0 Å². The van der Waals surface area contributed by atoms with Gasteiger partial charge in [0.15, 0.2) is 0 Å². The van der Waals surface area contributed by atoms with Gasteiger partial charge in [-0.2, -0.15) is 4.31 Å². The van der Waals surface area contributed by atoms with Gasteiger partial charge in [0.05, 0.1) is 19.8 Å². The predicted molar refractivity (Wildman–Crippen MR) is 79.8 cm³/mol. The third-order valence-electron chi connectivity index (χ3n) is 4.08. The Morgan fingerprint density at radius 3 is 2.71 bits per heavy atom. The number of hydrogen-bond donors (Lipinski definition) is 1. The van der Waals surface area contributed by atoms with E-state index in [1.54, 1.807) is 16.4 Å². The Kier molecular flexibility index (Phi) is 4.63. The van der Waals surface area contributed by atoms with Gasteiger partial charge in [0.25, 0.3) is 10.0 Å². The highest BCUT2D eigenvalue weighted by atomic mass is 32.2. The molecular formula is C13H20N2O4S2. The lowest BCUT2D eigenvalue weighted by Crippen LogP contribution is -2.45. The van der Waals surface area contributed by atoms with E-state index >= 15 is 0 Å². The normalized spacial score (nSPS) is 25.5. The molecule has 0 amide bonds. The third kappa shape index (κ3) is 3.15. The van der Waals surface area contributed by atoms with E-state index < -0.39 is 10.0 Å². The molecule has 6 nitrogen and oxygen atoms in total. The second-order valence-electron chi connectivity index (χ2n) is 5.33. The molecule has 2 fully saturated rings. The lowest BCUT2D eigenvalue weighted by Gasteiger charge is -2.32. The molecule has 3 heterocycles. The van der Waals surface area contributed by atoms with E-state index in [0.29, 0.717) is 28.2 Å². The number of rotatable bonds is 4. The van der Waals surface area contributed by atoms with Gasteiger partial charge in [0.2, 0.25) is 0 Å². The Morgan fingerprint density at radius 1 is 1.29 bits per heavy atom. The van der Waals surface area contributed by atoms with Gasteiger partial charge in [-0.05, 0) is 18.6 Å². The molecule has 1 aromatic heterocycles. The molecule has 3 rings (SSSR count). The lowest BCUT2D eigenvalue weighted by molar-refractivity contribution is 0.0197. The van der Waals surface area contributed by atoms with E-state index in [9.17, 15) is 8.42 Å². The van der Waals surface area contributed by atoms with Crippen LogP contribution in [0, 0.1) is 0 Å². The van der Waals surface area contributed by atoms with Crippen molar-refractivity contribution in [3.05, 3.63) is 17.0 Å². The van der Waals surface area contributed by atoms with E-state index in [4.69, 9.17) is 9.84 Å². The summed E-state index contributed by atoms with van der Waals surface area (Å²) in [5.41, 5.74) is 0. The first-order valence-electron chi connectivity index (χ1n) is 7.13. The Bertz CT molecular complexity index is 581. The first-order valence-corrected chi connectivity index (χ1v) is 9.38. The fourth-order valence-corrected chi connectivity index (χ4v) is 5.74. The number of ether oxygens (including phenoxy) is 1. The lowest BCUT2D eigenvalue weighted by atomic mass is 10.2. The maximum absolute atomic E-state index is 12.6. The minimum Gasteiger partial charge on any atom is -0.391 e. The van der Waals surface area contributed by atoms with Crippen LogP contribution in [0.5, 0.6) is 0 Å². The van der Waals surface area contributed by atoms with Crippen molar-refractivity contribution in [1.82, 2.24) is 9.21 Å². The second kappa shape index (κ2) is 6.31. The van der Waals surface area contributed by atoms with Crippen LogP contribution in [-0.4, -0.2) is 68.2 Å². The molecule has 1 unspecified atom stereocenters. The first-order chi connectivity index (χ1) is 10.1. The Hall–Kier alpha value is -0.510. The summed E-state index contributed by atoms with van der Waals surface area (Å²) >= 11 is 1.15. The van der Waals surface area contributed by atoms with Crippen LogP contribution in [0.25, 0.3) is 0 Å². The van der Waals surface area contributed by atoms with Crippen LogP contribution in [0.4, 0.5) is 0 Å². The summed E-state index contributed by atoms with van der Waals surface area (Å²) in [7, 11) is -3.42. The molecule has 0 bridgehead atoms. The van der Waals surface area contributed by atoms with Crippen molar-refractivity contribution < 1.29 is 18.3 Å². The van der Waals surface area contributed by atoms with Gasteiger partial charge >= 0.3 is 0 Å². The Balaban J connectivity index is 1.69. The van der Waals surface area contributed by atoms with Gasteiger partial charge < -0.3 is 9.84 Å². The number of nitrogens with zero attached hydrogens (tertiary/aromatic N) is 2. The summed E-state index contributed by atoms with van der Waals surface area (Å²) < 4.78 is 32.4. The maximum Gasteiger partial charge on any atom is 0.252 e. The monoisotopic (exact) mass is 332 g/mol. The van der Waals surface area contributed by atoms with Crippen LogP contribution in [0.15, 0.2) is 16.3 Å². The van der Waals surface area contributed by atoms with Gasteiger partial charge in [0, 0.05) is 37.1 Å². The SMILES string of the molecule is O=S(=O)(c1ccc(CO)s1)N1CCC(N2CCOCC2)C1. The number of sulfonamides is 1. The molecule has 118 valence electrons. The highest BCUT2D eigenvalue weighted by molar-refractivity contribution is 7.91. The van der Waals surface area contributed by atoms with Crippen LogP contribution in [0.2, 0.25) is 0 Å². The molecule has 8 heteroatoms. The van der Waals surface area contributed by atoms with Crippen molar-refractivity contribution >= 4 is 21.4 Å². The number of morpholine rings is 1. The van der Waals surface area contributed by atoms with Crippen LogP contribution >= 0.6 is 11.3 Å². The largest absolute Gasteiger partial charge is 0.391 e. The first kappa shape index (κ1) is 15.4. The molecule has 1 N–H and O–H groups in total. The Labute approximate surface area is 129 Å². The molecule has 0 radical (unpaired) electrons. The zero-order valence-electron chi connectivity index (χ0n) is 11.8. The molecule has 0 aliphatic carbocycles. The van der Waals surface area contributed by atoms with E-state index in [1.807, 2.05) is 0 Å². The number of aliphatic hydroxyl groups is 1. The zero-order valence-corrected chi connectivity index (χ0v) is 13.4. The molecule has 0 aromatic carbocycles. The molecule has 2 aliphatic heterocycles. The molecule has 2 saturated heterocycles. The van der Waals surface area contributed by atoms with Crippen LogP contribution in [-0.2, 0) is 21.4 Å². The number of thiophene rings is 1. The maximum atomic E-state index is 12.6. The van der Waals surface area contributed by atoms with Gasteiger partial charge in [-0.25, -0.2) is 8.42 Å². The third-order valence-corrected chi connectivity index (χ3v) is 7.48. The minimum atomic E-state index is -3.42. The summed E-state index contributed by atoms with van der Waals surface area (Å²) in [6.07, 6.45) is 0.872. The summed E-state index contributed by atoms with van der Waals surface area (Å²) in [6, 6.07) is 3.56. The summed E-state index contributed by atoms with van der Waals surface area (Å²) in [5.74, 6) is 0. The van der Waals surface area contributed by atoms with E-state index in [2.05, 4.69) is 4.90 Å². The molecule has 0 spiro atoms. The fourth-order valence-electron chi connectivity index (χ4n) is 2.88. The van der Waals surface area contributed by atoms with Crippen LogP contribution in [0.3, 0.4) is 0 Å². The van der Waals surface area contributed by atoms with Crippen molar-refractivity contribution in [1.29, 1.82) is 0 Å². The molecular weight excluding hydrogens is 312 g/mol. The Morgan fingerprint density at radius 2 is 2.05 bits per heavy atom. The van der Waals surface area contributed by atoms with Gasteiger partial charge in [-0.1, -0.05) is 0 Å². The quantitative estimate of drug-likeness (QED) is 0.861. The van der Waals surface area contributed by atoms with Crippen molar-refractivity contribution in [2.24, 2.45) is 0 Å². The minimum absolute atomic E-state index is 0.114. The van der Waals surface area contributed by atoms with Gasteiger partial charge in [-0.3, -0.25) is 4.90 Å². The van der Waals surface area contributed by atoms with Crippen molar-refractivity contribution in [2.45, 2.75) is 23.3 Å². The van der Waals surface area contributed by atoms with E-state index in [-0.39, 0.29) is 6.61 Å². The summed E-state index contributed by atoms with van der Waals surface area (Å²) in [5, 5.41) is 9.08.